The second kappa shape index (κ2) is 22.8. The summed E-state index contributed by atoms with van der Waals surface area (Å²) in [7, 11) is 0. The maximum Gasteiger partial charge on any atom is 2.00 e. The molecular weight excluding hydrogens is 185 g/mol. The Hall–Kier alpha value is 0.643. The zero-order chi connectivity index (χ0) is 2.71. The zero-order valence-corrected chi connectivity index (χ0v) is 7.33. The second-order valence-electron chi connectivity index (χ2n) is 0.167. The molecule has 0 aromatic rings. The van der Waals surface area contributed by atoms with Crippen molar-refractivity contribution in [3.05, 3.63) is 6.92 Å². The molecule has 0 heterocycles. The van der Waals surface area contributed by atoms with Crippen molar-refractivity contribution >= 4 is 6.29 Å². The van der Waals surface area contributed by atoms with Gasteiger partial charge in [0.1, 0.15) is 0 Å². The Morgan fingerprint density at radius 2 is 1.60 bits per heavy atom. The summed E-state index contributed by atoms with van der Waals surface area (Å²) in [4.78, 5) is 8.69. The van der Waals surface area contributed by atoms with Crippen molar-refractivity contribution in [2.45, 2.75) is 0 Å². The number of aldehydes is 1. The van der Waals surface area contributed by atoms with E-state index in [2.05, 4.69) is 6.92 Å². The van der Waals surface area contributed by atoms with E-state index in [1.807, 2.05) is 0 Å². The summed E-state index contributed by atoms with van der Waals surface area (Å²) in [5, 5.41) is 0. The molecule has 1 nitrogen and oxygen atoms in total. The molecule has 3 heteroatoms. The first-order valence-corrected chi connectivity index (χ1v) is 0.644. The van der Waals surface area contributed by atoms with Crippen LogP contribution in [0.5, 0.6) is 0 Å². The van der Waals surface area contributed by atoms with Crippen LogP contribution in [0, 0.1) is 6.92 Å². The minimum atomic E-state index is 0. The zero-order valence-electron chi connectivity index (χ0n) is 2.78. The summed E-state index contributed by atoms with van der Waals surface area (Å²) in [6.45, 7) is 2.81. The third-order valence-corrected chi connectivity index (χ3v) is 0. The minimum absolute atomic E-state index is 0. The Bertz CT molecular complexity index is 17.1. The summed E-state index contributed by atoms with van der Waals surface area (Å²) >= 11 is 0. The van der Waals surface area contributed by atoms with Crippen LogP contribution in [0.25, 0.3) is 0 Å². The Kier molecular flexibility index (Phi) is 79.5. The van der Waals surface area contributed by atoms with Crippen LogP contribution in [-0.4, -0.2) is 6.29 Å². The molecule has 0 aromatic heterocycles. The molecule has 0 spiro atoms. The molecule has 0 aliphatic carbocycles. The molecule has 0 bridgehead atoms. The van der Waals surface area contributed by atoms with Crippen molar-refractivity contribution in [2.75, 3.05) is 0 Å². The fourth-order valence-electron chi connectivity index (χ4n) is 0. The predicted octanol–water partition coefficient (Wildman–Crippen LogP) is -2.98. The van der Waals surface area contributed by atoms with Gasteiger partial charge in [0.15, 0.2) is 0 Å². The van der Waals surface area contributed by atoms with Crippen molar-refractivity contribution < 1.29 is 41.3 Å². The number of rotatable bonds is 0. The average Bonchev–Trinajstić information content (AvgIpc) is 0.918. The molecule has 0 saturated heterocycles. The van der Waals surface area contributed by atoms with Gasteiger partial charge in [0, 0.05) is 0 Å². The molecule has 0 N–H and O–H groups in total. The van der Waals surface area contributed by atoms with Gasteiger partial charge in [-0.15, -0.1) is 0 Å². The number of carbonyl (C=O) groups is 1. The van der Waals surface area contributed by atoms with Gasteiger partial charge < -0.3 is 28.7 Å². The molecule has 5 heavy (non-hydrogen) atoms. The fourth-order valence-corrected chi connectivity index (χ4v) is 0. The van der Waals surface area contributed by atoms with Gasteiger partial charge in [0.2, 0.25) is 0 Å². The number of carbonyl (C=O) groups excluding carboxylic acids is 1. The van der Waals surface area contributed by atoms with Gasteiger partial charge in [0.25, 0.3) is 0 Å². The van der Waals surface area contributed by atoms with Crippen molar-refractivity contribution in [1.29, 1.82) is 0 Å². The third-order valence-electron chi connectivity index (χ3n) is 0. The number of hydrogen-bond donors (Lipinski definition) is 0. The van der Waals surface area contributed by atoms with Gasteiger partial charge in [-0.3, -0.25) is 0 Å². The fraction of sp³-hybridized carbons (Fsp3) is 0. The van der Waals surface area contributed by atoms with Crippen LogP contribution < -0.4 is 17.0 Å². The van der Waals surface area contributed by atoms with Gasteiger partial charge in [-0.2, -0.15) is 0 Å². The number of hydrogen-bond acceptors (Lipinski definition) is 1. The van der Waals surface area contributed by atoms with E-state index in [1.54, 1.807) is 0 Å². The summed E-state index contributed by atoms with van der Waals surface area (Å²) < 4.78 is 0. The summed E-state index contributed by atoms with van der Waals surface area (Å²) in [5.74, 6) is 0. The van der Waals surface area contributed by atoms with Crippen LogP contribution in [0.15, 0.2) is 0 Å². The standard InChI is InChI=1S/C2H3O.BrH.Zn/c1-2-3;;/h2H,1H2;1H;/q-1;;+2/p-1. The maximum atomic E-state index is 8.69. The van der Waals surface area contributed by atoms with Crippen molar-refractivity contribution in [3.8, 4) is 0 Å². The van der Waals surface area contributed by atoms with Crippen molar-refractivity contribution in [3.63, 3.8) is 0 Å². The average molecular weight is 188 g/mol. The molecule has 0 atom stereocenters. The first-order chi connectivity index (χ1) is 1.41. The molecule has 0 fully saturated rings. The Balaban J connectivity index is -0.0000000200. The van der Waals surface area contributed by atoms with E-state index in [0.717, 1.165) is 0 Å². The molecule has 0 amide bonds. The van der Waals surface area contributed by atoms with E-state index < -0.39 is 0 Å². The molecule has 0 saturated carbocycles. The third kappa shape index (κ3) is 78.4. The molecule has 0 aliphatic rings. The Morgan fingerprint density at radius 3 is 1.60 bits per heavy atom. The largest absolute Gasteiger partial charge is 2.00 e. The molecule has 0 aromatic carbocycles. The van der Waals surface area contributed by atoms with Gasteiger partial charge in [-0.1, -0.05) is 0 Å². The van der Waals surface area contributed by atoms with Gasteiger partial charge in [0.05, 0.1) is 0 Å². The van der Waals surface area contributed by atoms with E-state index in [-0.39, 0.29) is 36.5 Å². The molecule has 0 rings (SSSR count). The topological polar surface area (TPSA) is 17.1 Å². The van der Waals surface area contributed by atoms with E-state index in [1.165, 1.54) is 0 Å². The van der Waals surface area contributed by atoms with Gasteiger partial charge in [-0.25, -0.2) is 0 Å². The monoisotopic (exact) mass is 186 g/mol. The van der Waals surface area contributed by atoms with Crippen molar-refractivity contribution in [2.24, 2.45) is 0 Å². The van der Waals surface area contributed by atoms with Crippen LogP contribution in [0.1, 0.15) is 0 Å². The summed E-state index contributed by atoms with van der Waals surface area (Å²) in [6, 6.07) is 0. The normalized spacial score (nSPS) is 2.40. The van der Waals surface area contributed by atoms with Crippen LogP contribution in [0.3, 0.4) is 0 Å². The Labute approximate surface area is 54.7 Å². The second-order valence-corrected chi connectivity index (χ2v) is 0.167. The number of halogens is 1. The first-order valence-electron chi connectivity index (χ1n) is 0.644. The predicted molar refractivity (Wildman–Crippen MR) is 11.4 cm³/mol. The molecule has 0 unspecified atom stereocenters. The Morgan fingerprint density at radius 1 is 1.60 bits per heavy atom. The van der Waals surface area contributed by atoms with E-state index in [9.17, 15) is 0 Å². The molecule has 0 radical (unpaired) electrons. The first kappa shape index (κ1) is 17.4. The molecule has 0 aliphatic heterocycles. The van der Waals surface area contributed by atoms with Crippen LogP contribution in [0.4, 0.5) is 0 Å². The van der Waals surface area contributed by atoms with Gasteiger partial charge >= 0.3 is 19.5 Å². The van der Waals surface area contributed by atoms with Crippen molar-refractivity contribution in [1.82, 2.24) is 0 Å². The van der Waals surface area contributed by atoms with Gasteiger partial charge in [-0.05, 0) is 6.29 Å². The van der Waals surface area contributed by atoms with Crippen LogP contribution in [0.2, 0.25) is 0 Å². The summed E-state index contributed by atoms with van der Waals surface area (Å²) in [6.07, 6.45) is 0.500. The van der Waals surface area contributed by atoms with Crippen LogP contribution >= 0.6 is 0 Å². The minimum Gasteiger partial charge on any atom is -1.00 e. The molecular formula is C2H3BrOZn. The smallest absolute Gasteiger partial charge is 1.00 e. The van der Waals surface area contributed by atoms with E-state index >= 15 is 0 Å². The van der Waals surface area contributed by atoms with E-state index in [0.29, 0.717) is 6.29 Å². The quantitative estimate of drug-likeness (QED) is 0.225. The van der Waals surface area contributed by atoms with Crippen LogP contribution in [-0.2, 0) is 24.3 Å². The maximum absolute atomic E-state index is 8.69. The summed E-state index contributed by atoms with van der Waals surface area (Å²) in [5.41, 5.74) is 0. The molecule has 26 valence electrons. The van der Waals surface area contributed by atoms with E-state index in [4.69, 9.17) is 4.79 Å². The SMILES string of the molecule is [Br-].[CH2-]C=O.[Zn+2].